The molecule has 0 fully saturated rings. The third-order valence-corrected chi connectivity index (χ3v) is 4.97. The topological polar surface area (TPSA) is 34.1 Å². The van der Waals surface area contributed by atoms with Crippen molar-refractivity contribution in [3.8, 4) is 0 Å². The van der Waals surface area contributed by atoms with Crippen molar-refractivity contribution in [2.75, 3.05) is 5.08 Å². The molecule has 0 heterocycles. The van der Waals surface area contributed by atoms with Crippen LogP contribution in [0.5, 0.6) is 0 Å². The van der Waals surface area contributed by atoms with E-state index in [9.17, 15) is 8.42 Å². The molecule has 13 heavy (non-hydrogen) atoms. The van der Waals surface area contributed by atoms with Crippen LogP contribution >= 0.6 is 40.2 Å². The summed E-state index contributed by atoms with van der Waals surface area (Å²) in [4.78, 5) is 0.221. The molecule has 1 aromatic rings. The minimum Gasteiger partial charge on any atom is -0.223 e. The molecule has 0 unspecified atom stereocenters. The quantitative estimate of drug-likeness (QED) is 0.852. The Bertz CT molecular complexity index is 417. The lowest BCUT2D eigenvalue weighted by molar-refractivity contribution is 0.601. The van der Waals surface area contributed by atoms with Crippen molar-refractivity contribution < 1.29 is 8.42 Å². The summed E-state index contributed by atoms with van der Waals surface area (Å²) in [6.07, 6.45) is 0. The second kappa shape index (κ2) is 4.21. The molecule has 0 aliphatic heterocycles. The van der Waals surface area contributed by atoms with Crippen LogP contribution in [0.25, 0.3) is 0 Å². The predicted molar refractivity (Wildman–Crippen MR) is 60.2 cm³/mol. The van der Waals surface area contributed by atoms with Gasteiger partial charge in [0.2, 0.25) is 0 Å². The monoisotopic (exact) mass is 300 g/mol. The van der Waals surface area contributed by atoms with Gasteiger partial charge in [-0.1, -0.05) is 11.6 Å². The van der Waals surface area contributed by atoms with E-state index in [1.165, 1.54) is 18.2 Å². The van der Waals surface area contributed by atoms with Crippen LogP contribution in [-0.4, -0.2) is 13.5 Å². The van der Waals surface area contributed by atoms with Gasteiger partial charge in [-0.05, 0) is 34.1 Å². The van der Waals surface area contributed by atoms with Crippen LogP contribution in [0.1, 0.15) is 0 Å². The third-order valence-electron chi connectivity index (χ3n) is 1.42. The number of halogens is 2. The molecule has 0 aliphatic carbocycles. The minimum absolute atomic E-state index is 0.207. The van der Waals surface area contributed by atoms with Crippen LogP contribution in [0.3, 0.4) is 0 Å². The fourth-order valence-corrected chi connectivity index (χ4v) is 2.56. The van der Waals surface area contributed by atoms with Gasteiger partial charge in [0.1, 0.15) is 0 Å². The lowest BCUT2D eigenvalue weighted by Gasteiger charge is -2.02. The average molecular weight is 302 g/mol. The largest absolute Gasteiger partial charge is 0.223 e. The number of sulfone groups is 1. The molecule has 0 aliphatic rings. The van der Waals surface area contributed by atoms with E-state index in [1.54, 1.807) is 0 Å². The molecule has 0 bridgehead atoms. The number of hydrogen-bond acceptors (Lipinski definition) is 3. The summed E-state index contributed by atoms with van der Waals surface area (Å²) in [6.45, 7) is 0. The van der Waals surface area contributed by atoms with Crippen LogP contribution in [-0.2, 0) is 9.84 Å². The molecule has 0 atom stereocenters. The number of rotatable bonds is 2. The Morgan fingerprint density at radius 1 is 1.46 bits per heavy atom. The molecule has 72 valence electrons. The molecule has 0 aromatic heterocycles. The Hall–Kier alpha value is 0.290. The van der Waals surface area contributed by atoms with Crippen molar-refractivity contribution in [3.63, 3.8) is 0 Å². The molecule has 0 spiro atoms. The van der Waals surface area contributed by atoms with Gasteiger partial charge in [0.25, 0.3) is 0 Å². The van der Waals surface area contributed by atoms with E-state index in [0.29, 0.717) is 9.50 Å². The third kappa shape index (κ3) is 2.62. The maximum Gasteiger partial charge on any atom is 0.187 e. The van der Waals surface area contributed by atoms with Gasteiger partial charge in [0, 0.05) is 4.47 Å². The number of benzene rings is 1. The van der Waals surface area contributed by atoms with Crippen molar-refractivity contribution in [2.24, 2.45) is 0 Å². The molecule has 0 radical (unpaired) electrons. The van der Waals surface area contributed by atoms with E-state index in [0.717, 1.165) is 0 Å². The van der Waals surface area contributed by atoms with E-state index in [4.69, 9.17) is 11.6 Å². The van der Waals surface area contributed by atoms with Gasteiger partial charge < -0.3 is 0 Å². The first kappa shape index (κ1) is 11.4. The Kier molecular flexibility index (Phi) is 3.68. The molecule has 0 N–H and O–H groups in total. The van der Waals surface area contributed by atoms with Crippen LogP contribution in [0.15, 0.2) is 27.6 Å². The van der Waals surface area contributed by atoms with E-state index < -0.39 is 9.84 Å². The van der Waals surface area contributed by atoms with Crippen molar-refractivity contribution in [1.82, 2.24) is 0 Å². The highest BCUT2D eigenvalue weighted by Crippen LogP contribution is 2.25. The smallest absolute Gasteiger partial charge is 0.187 e. The first-order valence-corrected chi connectivity index (χ1v) is 6.71. The van der Waals surface area contributed by atoms with Crippen LogP contribution in [0.2, 0.25) is 5.02 Å². The molecule has 6 heteroatoms. The SMILES string of the molecule is O=S(=O)(CS)c1ccc(Cl)c(Br)c1. The Balaban J connectivity index is 3.27. The fourth-order valence-electron chi connectivity index (χ4n) is 0.745. The van der Waals surface area contributed by atoms with Gasteiger partial charge in [0.15, 0.2) is 9.84 Å². The first-order chi connectivity index (χ1) is 5.97. The van der Waals surface area contributed by atoms with E-state index in [2.05, 4.69) is 28.6 Å². The maximum atomic E-state index is 11.3. The summed E-state index contributed by atoms with van der Waals surface area (Å²) in [5.74, 6) is 0. The molecular formula is C7H6BrClO2S2. The maximum absolute atomic E-state index is 11.3. The summed E-state index contributed by atoms with van der Waals surface area (Å²) in [5.41, 5.74) is 0. The standard InChI is InChI=1S/C7H6BrClO2S2/c8-6-3-5(1-2-7(6)9)13(10,11)4-12/h1-3,12H,4H2. The van der Waals surface area contributed by atoms with Gasteiger partial charge in [-0.3, -0.25) is 0 Å². The van der Waals surface area contributed by atoms with Gasteiger partial charge in [-0.2, -0.15) is 12.6 Å². The highest BCUT2D eigenvalue weighted by Gasteiger charge is 2.12. The van der Waals surface area contributed by atoms with Gasteiger partial charge >= 0.3 is 0 Å². The van der Waals surface area contributed by atoms with Crippen molar-refractivity contribution in [3.05, 3.63) is 27.7 Å². The molecule has 0 amide bonds. The predicted octanol–water partition coefficient (Wildman–Crippen LogP) is 2.76. The van der Waals surface area contributed by atoms with E-state index in [1.807, 2.05) is 0 Å². The second-order valence-electron chi connectivity index (χ2n) is 2.32. The van der Waals surface area contributed by atoms with Crippen LogP contribution in [0, 0.1) is 0 Å². The lowest BCUT2D eigenvalue weighted by atomic mass is 10.4. The molecule has 1 aromatic carbocycles. The van der Waals surface area contributed by atoms with Gasteiger partial charge in [-0.15, -0.1) is 0 Å². The summed E-state index contributed by atoms with van der Waals surface area (Å²) in [7, 11) is -3.26. The zero-order chi connectivity index (χ0) is 10.1. The lowest BCUT2D eigenvalue weighted by Crippen LogP contribution is -2.01. The zero-order valence-corrected chi connectivity index (χ0v) is 10.4. The molecule has 1 rings (SSSR count). The summed E-state index contributed by atoms with van der Waals surface area (Å²) in [5, 5.41) is 0.277. The molecule has 0 saturated carbocycles. The van der Waals surface area contributed by atoms with Crippen LogP contribution in [0.4, 0.5) is 0 Å². The van der Waals surface area contributed by atoms with E-state index in [-0.39, 0.29) is 9.98 Å². The Morgan fingerprint density at radius 3 is 2.54 bits per heavy atom. The first-order valence-electron chi connectivity index (χ1n) is 3.26. The Labute approximate surface area is 95.7 Å². The second-order valence-corrected chi connectivity index (χ2v) is 6.31. The summed E-state index contributed by atoms with van der Waals surface area (Å²) in [6, 6.07) is 4.45. The highest BCUT2D eigenvalue weighted by atomic mass is 79.9. The van der Waals surface area contributed by atoms with Gasteiger partial charge in [0.05, 0.1) is 15.0 Å². The molecule has 2 nitrogen and oxygen atoms in total. The highest BCUT2D eigenvalue weighted by molar-refractivity contribution is 9.10. The van der Waals surface area contributed by atoms with E-state index >= 15 is 0 Å². The fraction of sp³-hybridized carbons (Fsp3) is 0.143. The van der Waals surface area contributed by atoms with Crippen molar-refractivity contribution in [2.45, 2.75) is 4.90 Å². The summed E-state index contributed by atoms with van der Waals surface area (Å²) >= 11 is 12.6. The normalized spacial score (nSPS) is 11.6. The molecule has 0 saturated heterocycles. The van der Waals surface area contributed by atoms with Gasteiger partial charge in [-0.25, -0.2) is 8.42 Å². The number of thiol groups is 1. The van der Waals surface area contributed by atoms with Crippen LogP contribution < -0.4 is 0 Å². The minimum atomic E-state index is -3.26. The Morgan fingerprint density at radius 2 is 2.08 bits per heavy atom. The van der Waals surface area contributed by atoms with Crippen molar-refractivity contribution >= 4 is 50.0 Å². The average Bonchev–Trinajstić information content (AvgIpc) is 2.09. The number of hydrogen-bond donors (Lipinski definition) is 1. The van der Waals surface area contributed by atoms with Crippen molar-refractivity contribution in [1.29, 1.82) is 0 Å². The summed E-state index contributed by atoms with van der Waals surface area (Å²) < 4.78 is 23.2. The molecular weight excluding hydrogens is 296 g/mol. The zero-order valence-electron chi connectivity index (χ0n) is 6.37.